The predicted molar refractivity (Wildman–Crippen MR) is 160 cm³/mol. The van der Waals surface area contributed by atoms with E-state index in [1.807, 2.05) is 6.92 Å². The monoisotopic (exact) mass is 626 g/mol. The fourth-order valence-corrected chi connectivity index (χ4v) is 10.9. The number of carbonyl (C=O) groups excluding carboxylic acids is 3. The largest absolute Gasteiger partial charge is 0.393 e. The van der Waals surface area contributed by atoms with Gasteiger partial charge in [0.1, 0.15) is 5.69 Å². The number of nitrogens with zero attached hydrogens (tertiary/aromatic N) is 4. The average molecular weight is 627 g/mol. The van der Waals surface area contributed by atoms with E-state index in [1.54, 1.807) is 17.0 Å². The van der Waals surface area contributed by atoms with E-state index in [1.165, 1.54) is 4.90 Å². The Hall–Kier alpha value is -2.38. The summed E-state index contributed by atoms with van der Waals surface area (Å²) in [6.07, 6.45) is 5.77. The van der Waals surface area contributed by atoms with E-state index in [9.17, 15) is 24.6 Å². The zero-order chi connectivity index (χ0) is 31.2. The van der Waals surface area contributed by atoms with Gasteiger partial charge in [-0.05, 0) is 67.2 Å². The van der Waals surface area contributed by atoms with E-state index in [-0.39, 0.29) is 34.8 Å². The number of thioether (sulfide) groups is 1. The van der Waals surface area contributed by atoms with Crippen molar-refractivity contribution in [1.82, 2.24) is 19.9 Å². The summed E-state index contributed by atoms with van der Waals surface area (Å²) in [6.45, 7) is 11.5. The van der Waals surface area contributed by atoms with Crippen molar-refractivity contribution < 1.29 is 34.1 Å². The van der Waals surface area contributed by atoms with Crippen LogP contribution in [-0.2, 0) is 32.2 Å². The molecule has 238 valence electrons. The third kappa shape index (κ3) is 4.06. The normalized spacial score (nSPS) is 41.5. The van der Waals surface area contributed by atoms with Gasteiger partial charge >= 0.3 is 0 Å². The van der Waals surface area contributed by atoms with E-state index in [2.05, 4.69) is 30.7 Å². The molecule has 0 unspecified atom stereocenters. The SMILES string of the molecule is C=C1C(=O)[C@]23[C@H](O)[C@H]1C[C@H](O)[C@H]2[C@]12CCCC(C)(C)[C@H]1C[C@H]3O[C@@H]2OCCCn1cc(CN2C(=O)S/C(=C/CC)C2=O)nn1. The number of allylic oxidation sites excluding steroid dienone is 1. The van der Waals surface area contributed by atoms with Crippen LogP contribution in [0.3, 0.4) is 0 Å². The Morgan fingerprint density at radius 2 is 2.02 bits per heavy atom. The van der Waals surface area contributed by atoms with Gasteiger partial charge in [-0.25, -0.2) is 0 Å². The standard InChI is InChI=1S/C32H42N4O7S/c1-5-8-21-27(40)36(29(41)44-21)16-18-15-35(34-33-18)11-7-12-42-28-31-10-6-9-30(3,4)22(31)14-23(43-28)32-24(31)20(37)13-19(26(32)39)17(2)25(32)38/h8,15,19-20,22-24,26,28,37,39H,2,5-7,9-14,16H2,1,3-4H3/b21-8+/t19-,20-,22+,23+,24-,26+,28-,31-,32+/m0/s1. The first-order chi connectivity index (χ1) is 21.0. The number of ether oxygens (including phenoxy) is 2. The molecular formula is C32H42N4O7S. The summed E-state index contributed by atoms with van der Waals surface area (Å²) < 4.78 is 14.9. The summed E-state index contributed by atoms with van der Waals surface area (Å²) in [5.74, 6) is -1.12. The van der Waals surface area contributed by atoms with Crippen LogP contribution in [0.5, 0.6) is 0 Å². The lowest BCUT2D eigenvalue weighted by atomic mass is 9.37. The maximum absolute atomic E-state index is 13.9. The van der Waals surface area contributed by atoms with Gasteiger partial charge in [0.05, 0.1) is 48.0 Å². The molecule has 0 radical (unpaired) electrons. The van der Waals surface area contributed by atoms with Gasteiger partial charge in [-0.3, -0.25) is 24.0 Å². The van der Waals surface area contributed by atoms with Gasteiger partial charge in [0.2, 0.25) is 0 Å². The van der Waals surface area contributed by atoms with Gasteiger partial charge < -0.3 is 19.7 Å². The number of amides is 2. The second-order valence-corrected chi connectivity index (χ2v) is 15.2. The molecule has 0 aromatic carbocycles. The number of ketones is 1. The smallest absolute Gasteiger partial charge is 0.293 e. The highest BCUT2D eigenvalue weighted by Crippen LogP contribution is 2.75. The average Bonchev–Trinajstić information content (AvgIpc) is 3.57. The number of fused-ring (bicyclic) bond motifs is 2. The van der Waals surface area contributed by atoms with E-state index in [0.717, 1.165) is 31.0 Å². The Labute approximate surface area is 261 Å². The van der Waals surface area contributed by atoms with Crippen molar-refractivity contribution in [3.63, 3.8) is 0 Å². The van der Waals surface area contributed by atoms with Crippen molar-refractivity contribution in [3.8, 4) is 0 Å². The molecule has 2 spiro atoms. The summed E-state index contributed by atoms with van der Waals surface area (Å²) in [5, 5.41) is 31.3. The summed E-state index contributed by atoms with van der Waals surface area (Å²) in [4.78, 5) is 40.4. The second-order valence-electron chi connectivity index (χ2n) is 14.3. The van der Waals surface area contributed by atoms with Gasteiger partial charge in [-0.1, -0.05) is 45.1 Å². The summed E-state index contributed by atoms with van der Waals surface area (Å²) in [5.41, 5.74) is -0.825. The van der Waals surface area contributed by atoms with Crippen LogP contribution in [0, 0.1) is 34.0 Å². The van der Waals surface area contributed by atoms with Crippen LogP contribution >= 0.6 is 11.8 Å². The minimum absolute atomic E-state index is 0.0233. The molecule has 4 bridgehead atoms. The Morgan fingerprint density at radius 1 is 1.23 bits per heavy atom. The highest BCUT2D eigenvalue weighted by atomic mass is 32.2. The van der Waals surface area contributed by atoms with Crippen LogP contribution in [0.25, 0.3) is 0 Å². The van der Waals surface area contributed by atoms with Crippen molar-refractivity contribution in [3.05, 3.63) is 35.0 Å². The fourth-order valence-electron chi connectivity index (χ4n) is 10.0. The highest BCUT2D eigenvalue weighted by molar-refractivity contribution is 8.18. The second kappa shape index (κ2) is 10.6. The lowest BCUT2D eigenvalue weighted by Gasteiger charge is -2.72. The van der Waals surface area contributed by atoms with Gasteiger partial charge in [0.25, 0.3) is 11.1 Å². The Morgan fingerprint density at radius 3 is 2.80 bits per heavy atom. The topological polar surface area (TPSA) is 144 Å². The van der Waals surface area contributed by atoms with Crippen LogP contribution in [-0.4, -0.2) is 78.2 Å². The summed E-state index contributed by atoms with van der Waals surface area (Å²) in [7, 11) is 0. The molecule has 9 atom stereocenters. The molecule has 7 aliphatic rings. The van der Waals surface area contributed by atoms with Crippen molar-refractivity contribution in [1.29, 1.82) is 0 Å². The first kappa shape index (κ1) is 30.3. The number of imide groups is 1. The highest BCUT2D eigenvalue weighted by Gasteiger charge is 2.81. The molecule has 4 aliphatic carbocycles. The number of hydrogen-bond acceptors (Lipinski definition) is 10. The fraction of sp³-hybridized carbons (Fsp3) is 0.719. The van der Waals surface area contributed by atoms with Crippen LogP contribution in [0.2, 0.25) is 0 Å². The number of aromatic nitrogens is 3. The number of aliphatic hydroxyl groups is 2. The predicted octanol–water partition coefficient (Wildman–Crippen LogP) is 3.60. The van der Waals surface area contributed by atoms with Crippen molar-refractivity contribution in [2.45, 2.75) is 103 Å². The van der Waals surface area contributed by atoms with Crippen molar-refractivity contribution in [2.24, 2.45) is 34.0 Å². The van der Waals surface area contributed by atoms with E-state index in [0.29, 0.717) is 55.0 Å². The molecule has 1 aromatic rings. The molecule has 3 saturated heterocycles. The zero-order valence-electron chi connectivity index (χ0n) is 25.6. The van der Waals surface area contributed by atoms with E-state index < -0.39 is 47.3 Å². The van der Waals surface area contributed by atoms with Crippen molar-refractivity contribution in [2.75, 3.05) is 6.61 Å². The third-order valence-corrected chi connectivity index (χ3v) is 12.6. The van der Waals surface area contributed by atoms with E-state index >= 15 is 0 Å². The molecule has 2 amide bonds. The molecule has 4 saturated carbocycles. The molecule has 12 heteroatoms. The number of aryl methyl sites for hydroxylation is 1. The Balaban J connectivity index is 1.06. The molecule has 2 N–H and O–H groups in total. The molecule has 7 fully saturated rings. The van der Waals surface area contributed by atoms with Crippen LogP contribution in [0.15, 0.2) is 29.3 Å². The minimum Gasteiger partial charge on any atom is -0.393 e. The molecule has 4 heterocycles. The van der Waals surface area contributed by atoms with Crippen molar-refractivity contribution >= 4 is 28.7 Å². The maximum Gasteiger partial charge on any atom is 0.293 e. The minimum atomic E-state index is -1.16. The van der Waals surface area contributed by atoms with E-state index in [4.69, 9.17) is 9.47 Å². The number of hydrogen-bond donors (Lipinski definition) is 2. The van der Waals surface area contributed by atoms with Gasteiger partial charge in [0.15, 0.2) is 12.1 Å². The first-order valence-electron chi connectivity index (χ1n) is 16.0. The quantitative estimate of drug-likeness (QED) is 0.324. The number of Topliss-reactive ketones (excluding diaryl/α,β-unsaturated/α-hetero) is 1. The molecule has 44 heavy (non-hydrogen) atoms. The molecule has 11 nitrogen and oxygen atoms in total. The lowest BCUT2D eigenvalue weighted by molar-refractivity contribution is -0.402. The summed E-state index contributed by atoms with van der Waals surface area (Å²) >= 11 is 0.948. The van der Waals surface area contributed by atoms with Crippen LogP contribution in [0.1, 0.15) is 71.4 Å². The maximum atomic E-state index is 13.9. The molecule has 3 aliphatic heterocycles. The van der Waals surface area contributed by atoms with Crippen LogP contribution < -0.4 is 0 Å². The number of aliphatic hydroxyl groups excluding tert-OH is 2. The summed E-state index contributed by atoms with van der Waals surface area (Å²) in [6, 6.07) is 0. The Kier molecular flexibility index (Phi) is 7.28. The third-order valence-electron chi connectivity index (χ3n) is 11.7. The van der Waals surface area contributed by atoms with Gasteiger partial charge in [-0.15, -0.1) is 5.10 Å². The number of rotatable bonds is 8. The lowest BCUT2D eigenvalue weighted by Crippen LogP contribution is -2.78. The number of carbonyl (C=O) groups is 3. The molecule has 8 rings (SSSR count). The van der Waals surface area contributed by atoms with Gasteiger partial charge in [0, 0.05) is 23.8 Å². The molecule has 1 aromatic heterocycles. The zero-order valence-corrected chi connectivity index (χ0v) is 26.4. The Bertz CT molecular complexity index is 1440. The van der Waals surface area contributed by atoms with Gasteiger partial charge in [-0.2, -0.15) is 0 Å². The van der Waals surface area contributed by atoms with Crippen LogP contribution in [0.4, 0.5) is 4.79 Å². The first-order valence-corrected chi connectivity index (χ1v) is 16.8. The molecular weight excluding hydrogens is 584 g/mol.